The fourth-order valence-corrected chi connectivity index (χ4v) is 4.58. The van der Waals surface area contributed by atoms with E-state index in [4.69, 9.17) is 14.7 Å². The van der Waals surface area contributed by atoms with Gasteiger partial charge < -0.3 is 19.9 Å². The number of nitro benzene ring substituents is 1. The third kappa shape index (κ3) is 5.36. The Balaban J connectivity index is 1.56. The van der Waals surface area contributed by atoms with E-state index in [2.05, 4.69) is 15.2 Å². The average molecular weight is 518 g/mol. The molecule has 1 aromatic carbocycles. The molecule has 0 aliphatic carbocycles. The topological polar surface area (TPSA) is 110 Å². The number of alkyl halides is 3. The van der Waals surface area contributed by atoms with Crippen molar-refractivity contribution in [3.05, 3.63) is 51.7 Å². The molecule has 2 aliphatic rings. The predicted molar refractivity (Wildman–Crippen MR) is 132 cm³/mol. The molecule has 196 valence electrons. The van der Waals surface area contributed by atoms with Gasteiger partial charge in [-0.25, -0.2) is 9.97 Å². The van der Waals surface area contributed by atoms with Crippen LogP contribution in [-0.2, 0) is 10.9 Å². The number of ether oxygens (including phenoxy) is 1. The Kier molecular flexibility index (Phi) is 6.71. The summed E-state index contributed by atoms with van der Waals surface area (Å²) in [5.74, 6) is 1.65. The van der Waals surface area contributed by atoms with Crippen molar-refractivity contribution < 1.29 is 22.8 Å². The highest BCUT2D eigenvalue weighted by atomic mass is 19.4. The molecule has 2 aliphatic heterocycles. The summed E-state index contributed by atoms with van der Waals surface area (Å²) >= 11 is 0. The standard InChI is InChI=1S/C24H26F3N7O3/c1-15(16-10-17(24(25,26)27)12-18(11-16)34(35)36)29-22-19-13-21(32-4-2-3-5-32)28-14-20(19)30-23(31-22)33-6-8-37-9-7-33/h10-15H,2-9H2,1H3,(H,29,30,31)/t15-/m1/s1. The van der Waals surface area contributed by atoms with Gasteiger partial charge in [0.2, 0.25) is 5.95 Å². The highest BCUT2D eigenvalue weighted by molar-refractivity contribution is 5.91. The van der Waals surface area contributed by atoms with Gasteiger partial charge in [-0.3, -0.25) is 10.1 Å². The minimum atomic E-state index is -4.72. The van der Waals surface area contributed by atoms with E-state index in [1.165, 1.54) is 0 Å². The first kappa shape index (κ1) is 24.9. The van der Waals surface area contributed by atoms with Crippen molar-refractivity contribution in [3.8, 4) is 0 Å². The van der Waals surface area contributed by atoms with Crippen LogP contribution in [0, 0.1) is 10.1 Å². The largest absolute Gasteiger partial charge is 0.416 e. The summed E-state index contributed by atoms with van der Waals surface area (Å²) in [5.41, 5.74) is -0.993. The molecule has 4 heterocycles. The molecule has 5 rings (SSSR count). The maximum Gasteiger partial charge on any atom is 0.416 e. The van der Waals surface area contributed by atoms with Crippen LogP contribution < -0.4 is 15.1 Å². The maximum atomic E-state index is 13.5. The number of morpholine rings is 1. The van der Waals surface area contributed by atoms with Crippen molar-refractivity contribution in [3.63, 3.8) is 0 Å². The first-order valence-corrected chi connectivity index (χ1v) is 12.1. The molecule has 37 heavy (non-hydrogen) atoms. The fraction of sp³-hybridized carbons (Fsp3) is 0.458. The van der Waals surface area contributed by atoms with Gasteiger partial charge in [-0.1, -0.05) is 0 Å². The van der Waals surface area contributed by atoms with E-state index < -0.39 is 28.4 Å². The summed E-state index contributed by atoms with van der Waals surface area (Å²) < 4.78 is 45.8. The van der Waals surface area contributed by atoms with E-state index in [1.54, 1.807) is 13.1 Å². The second kappa shape index (κ2) is 9.96. The number of hydrogen-bond donors (Lipinski definition) is 1. The summed E-state index contributed by atoms with van der Waals surface area (Å²) in [6.45, 7) is 5.67. The molecule has 2 fully saturated rings. The predicted octanol–water partition coefficient (Wildman–Crippen LogP) is 4.56. The van der Waals surface area contributed by atoms with Gasteiger partial charge >= 0.3 is 6.18 Å². The molecular formula is C24H26F3N7O3. The van der Waals surface area contributed by atoms with Crippen LogP contribution in [0.25, 0.3) is 10.9 Å². The molecule has 3 aromatic rings. The van der Waals surface area contributed by atoms with Crippen LogP contribution >= 0.6 is 0 Å². The highest BCUT2D eigenvalue weighted by Crippen LogP contribution is 2.36. The minimum absolute atomic E-state index is 0.120. The van der Waals surface area contributed by atoms with Gasteiger partial charge in [0, 0.05) is 43.7 Å². The van der Waals surface area contributed by atoms with Crippen LogP contribution in [0.4, 0.5) is 36.4 Å². The number of nitrogens with zero attached hydrogens (tertiary/aromatic N) is 6. The van der Waals surface area contributed by atoms with Gasteiger partial charge in [0.25, 0.3) is 5.69 Å². The van der Waals surface area contributed by atoms with Crippen molar-refractivity contribution in [2.24, 2.45) is 0 Å². The van der Waals surface area contributed by atoms with Crippen LogP contribution in [0.2, 0.25) is 0 Å². The number of hydrogen-bond acceptors (Lipinski definition) is 9. The van der Waals surface area contributed by atoms with E-state index in [0.29, 0.717) is 55.0 Å². The summed E-state index contributed by atoms with van der Waals surface area (Å²) in [7, 11) is 0. The first-order chi connectivity index (χ1) is 17.7. The lowest BCUT2D eigenvalue weighted by atomic mass is 10.0. The van der Waals surface area contributed by atoms with E-state index in [0.717, 1.165) is 43.9 Å². The van der Waals surface area contributed by atoms with Crippen molar-refractivity contribution in [1.82, 2.24) is 15.0 Å². The lowest BCUT2D eigenvalue weighted by molar-refractivity contribution is -0.385. The minimum Gasteiger partial charge on any atom is -0.378 e. The SMILES string of the molecule is C[C@@H](Nc1nc(N2CCOCC2)nc2cnc(N3CCCC3)cc12)c1cc([N+](=O)[O-])cc(C(F)(F)F)c1. The van der Waals surface area contributed by atoms with Crippen molar-refractivity contribution in [2.75, 3.05) is 54.5 Å². The average Bonchev–Trinajstić information content (AvgIpc) is 3.43. The Morgan fingerprint density at radius 2 is 1.78 bits per heavy atom. The maximum absolute atomic E-state index is 13.5. The van der Waals surface area contributed by atoms with Crippen molar-refractivity contribution >= 4 is 34.2 Å². The monoisotopic (exact) mass is 517 g/mol. The molecule has 1 N–H and O–H groups in total. The normalized spacial score (nSPS) is 17.3. The van der Waals surface area contributed by atoms with E-state index >= 15 is 0 Å². The lowest BCUT2D eigenvalue weighted by Gasteiger charge is -2.28. The summed E-state index contributed by atoms with van der Waals surface area (Å²) in [5, 5.41) is 15.2. The van der Waals surface area contributed by atoms with Gasteiger partial charge in [0.15, 0.2) is 0 Å². The van der Waals surface area contributed by atoms with Crippen molar-refractivity contribution in [2.45, 2.75) is 32.0 Å². The van der Waals surface area contributed by atoms with E-state index in [-0.39, 0.29) is 5.56 Å². The van der Waals surface area contributed by atoms with Crippen LogP contribution in [0.3, 0.4) is 0 Å². The van der Waals surface area contributed by atoms with Gasteiger partial charge in [-0.05, 0) is 37.5 Å². The number of halogens is 3. The van der Waals surface area contributed by atoms with Crippen molar-refractivity contribution in [1.29, 1.82) is 0 Å². The lowest BCUT2D eigenvalue weighted by Crippen LogP contribution is -2.37. The summed E-state index contributed by atoms with van der Waals surface area (Å²) in [6.07, 6.45) is -0.896. The number of aromatic nitrogens is 3. The van der Waals surface area contributed by atoms with Gasteiger partial charge in [-0.15, -0.1) is 0 Å². The Morgan fingerprint density at radius 3 is 2.46 bits per heavy atom. The van der Waals surface area contributed by atoms with Crippen LogP contribution in [0.1, 0.15) is 36.9 Å². The number of pyridine rings is 1. The van der Waals surface area contributed by atoms with E-state index in [9.17, 15) is 23.3 Å². The second-order valence-electron chi connectivity index (χ2n) is 9.16. The van der Waals surface area contributed by atoms with E-state index in [1.807, 2.05) is 11.0 Å². The molecule has 0 unspecified atom stereocenters. The number of nitrogens with one attached hydrogen (secondary N) is 1. The molecule has 0 amide bonds. The number of rotatable bonds is 6. The Hall–Kier alpha value is -3.74. The molecular weight excluding hydrogens is 491 g/mol. The number of fused-ring (bicyclic) bond motifs is 1. The van der Waals surface area contributed by atoms with Crippen LogP contribution in [0.15, 0.2) is 30.5 Å². The number of nitro groups is 1. The summed E-state index contributed by atoms with van der Waals surface area (Å²) in [6, 6.07) is 3.78. The van der Waals surface area contributed by atoms with Gasteiger partial charge in [0.05, 0.1) is 41.5 Å². The summed E-state index contributed by atoms with van der Waals surface area (Å²) in [4.78, 5) is 28.7. The quantitative estimate of drug-likeness (QED) is 0.372. The van der Waals surface area contributed by atoms with Crippen LogP contribution in [0.5, 0.6) is 0 Å². The van der Waals surface area contributed by atoms with Gasteiger partial charge in [-0.2, -0.15) is 18.2 Å². The molecule has 2 aromatic heterocycles. The molecule has 0 spiro atoms. The molecule has 0 bridgehead atoms. The van der Waals surface area contributed by atoms with Crippen LogP contribution in [-0.4, -0.2) is 59.3 Å². The molecule has 0 radical (unpaired) electrons. The Morgan fingerprint density at radius 1 is 1.05 bits per heavy atom. The number of anilines is 3. The molecule has 1 atom stereocenters. The number of benzene rings is 1. The smallest absolute Gasteiger partial charge is 0.378 e. The van der Waals surface area contributed by atoms with Gasteiger partial charge in [0.1, 0.15) is 11.6 Å². The molecule has 2 saturated heterocycles. The Labute approximate surface area is 210 Å². The molecule has 0 saturated carbocycles. The third-order valence-electron chi connectivity index (χ3n) is 6.61. The molecule has 13 heteroatoms. The first-order valence-electron chi connectivity index (χ1n) is 12.1. The Bertz CT molecular complexity index is 1310. The fourth-order valence-electron chi connectivity index (χ4n) is 4.58. The highest BCUT2D eigenvalue weighted by Gasteiger charge is 2.33. The third-order valence-corrected chi connectivity index (χ3v) is 6.61. The second-order valence-corrected chi connectivity index (χ2v) is 9.16. The zero-order valence-corrected chi connectivity index (χ0v) is 20.2. The number of non-ortho nitro benzene ring substituents is 1. The zero-order valence-electron chi connectivity index (χ0n) is 20.2. The zero-order chi connectivity index (χ0) is 26.2. The molecule has 10 nitrogen and oxygen atoms in total.